The van der Waals surface area contributed by atoms with Crippen molar-refractivity contribution in [3.05, 3.63) is 84.2 Å². The molecule has 0 bridgehead atoms. The van der Waals surface area contributed by atoms with Crippen molar-refractivity contribution in [3.8, 4) is 34.3 Å². The van der Waals surface area contributed by atoms with E-state index in [0.717, 1.165) is 69.8 Å². The minimum Gasteiger partial charge on any atom is -1.00 e. The predicted molar refractivity (Wildman–Crippen MR) is 200 cm³/mol. The van der Waals surface area contributed by atoms with E-state index < -0.39 is 0 Å². The topological polar surface area (TPSA) is 110 Å². The minimum atomic E-state index is 0. The first-order valence-electron chi connectivity index (χ1n) is 17.5. The lowest BCUT2D eigenvalue weighted by Gasteiger charge is -1.94. The van der Waals surface area contributed by atoms with Crippen molar-refractivity contribution >= 4 is 34.2 Å². The summed E-state index contributed by atoms with van der Waals surface area (Å²) in [5.41, 5.74) is 8.42. The molecule has 0 aliphatic carbocycles. The van der Waals surface area contributed by atoms with Gasteiger partial charge in [0, 0.05) is 46.8 Å². The van der Waals surface area contributed by atoms with E-state index in [0.29, 0.717) is 0 Å². The SMILES string of the molecule is CCCCCC[NH+]=Cc1[nH]c(-c2cc3ccccc3[nH]2)cc1OC.CCCCCC[NH+]=Cc1[nH]c(-c2cc3ccccc3[nH]2)cc1OC.[Cl-].[Cl-]. The number of fused-ring (bicyclic) bond motifs is 2. The van der Waals surface area contributed by atoms with Gasteiger partial charge < -0.3 is 54.2 Å². The number of para-hydroxylation sites is 2. The predicted octanol–water partition coefficient (Wildman–Crippen LogP) is 0.511. The number of aromatic nitrogens is 4. The van der Waals surface area contributed by atoms with Crippen LogP contribution in [0.25, 0.3) is 44.6 Å². The first kappa shape index (κ1) is 40.0. The second-order valence-corrected chi connectivity index (χ2v) is 12.2. The van der Waals surface area contributed by atoms with Crippen molar-refractivity contribution in [2.45, 2.75) is 65.2 Å². The van der Waals surface area contributed by atoms with Crippen molar-refractivity contribution in [2.75, 3.05) is 27.3 Å². The molecular formula is C40H52Cl2N6O2. The molecule has 4 aromatic heterocycles. The van der Waals surface area contributed by atoms with Crippen LogP contribution in [-0.4, -0.2) is 59.7 Å². The first-order valence-corrected chi connectivity index (χ1v) is 17.5. The molecule has 6 N–H and O–H groups in total. The molecule has 0 atom stereocenters. The lowest BCUT2D eigenvalue weighted by atomic mass is 10.2. The summed E-state index contributed by atoms with van der Waals surface area (Å²) in [5, 5.41) is 2.42. The molecule has 8 nitrogen and oxygen atoms in total. The van der Waals surface area contributed by atoms with Crippen LogP contribution in [0.15, 0.2) is 72.8 Å². The van der Waals surface area contributed by atoms with Crippen molar-refractivity contribution in [1.29, 1.82) is 0 Å². The molecule has 6 aromatic rings. The summed E-state index contributed by atoms with van der Waals surface area (Å²) in [4.78, 5) is 20.5. The highest BCUT2D eigenvalue weighted by Gasteiger charge is 2.13. The summed E-state index contributed by atoms with van der Waals surface area (Å²) in [5.74, 6) is 1.70. The molecule has 0 spiro atoms. The van der Waals surface area contributed by atoms with Crippen molar-refractivity contribution < 1.29 is 44.3 Å². The maximum atomic E-state index is 5.50. The van der Waals surface area contributed by atoms with Crippen LogP contribution in [0.2, 0.25) is 0 Å². The average Bonchev–Trinajstić information content (AvgIpc) is 3.92. The Morgan fingerprint density at radius 1 is 0.520 bits per heavy atom. The smallest absolute Gasteiger partial charge is 0.189 e. The van der Waals surface area contributed by atoms with Gasteiger partial charge in [-0.1, -0.05) is 75.9 Å². The molecule has 0 fully saturated rings. The number of methoxy groups -OCH3 is 2. The summed E-state index contributed by atoms with van der Waals surface area (Å²) in [7, 11) is 3.41. The molecule has 10 heteroatoms. The Balaban J connectivity index is 0.000000260. The van der Waals surface area contributed by atoms with Crippen LogP contribution in [0.3, 0.4) is 0 Å². The third kappa shape index (κ3) is 10.8. The highest BCUT2D eigenvalue weighted by atomic mass is 35.5. The number of unbranched alkanes of at least 4 members (excludes halogenated alkanes) is 6. The van der Waals surface area contributed by atoms with Crippen molar-refractivity contribution in [1.82, 2.24) is 19.9 Å². The Morgan fingerprint density at radius 3 is 1.30 bits per heavy atom. The van der Waals surface area contributed by atoms with Gasteiger partial charge in [0.25, 0.3) is 0 Å². The fourth-order valence-corrected chi connectivity index (χ4v) is 5.84. The monoisotopic (exact) mass is 718 g/mol. The molecule has 0 unspecified atom stereocenters. The van der Waals surface area contributed by atoms with E-state index in [2.05, 4.69) is 92.3 Å². The standard InChI is InChI=1S/2C20H25N3O.2ClH/c2*1-3-4-5-8-11-21-14-19-20(24-2)13-18(23-19)17-12-15-9-6-7-10-16(15)22-17;;/h2*6-7,9-10,12-14,22-23H,3-5,8,11H2,1-2H3;2*1H. The molecule has 0 aliphatic heterocycles. The number of hydrogen-bond donors (Lipinski definition) is 6. The van der Waals surface area contributed by atoms with Gasteiger partial charge in [-0.3, -0.25) is 0 Å². The average molecular weight is 720 g/mol. The molecule has 50 heavy (non-hydrogen) atoms. The summed E-state index contributed by atoms with van der Waals surface area (Å²) in [6.45, 7) is 6.44. The normalized spacial score (nSPS) is 11.1. The van der Waals surface area contributed by atoms with Gasteiger partial charge in [0.1, 0.15) is 24.5 Å². The van der Waals surface area contributed by atoms with Gasteiger partial charge in [0.15, 0.2) is 23.9 Å². The van der Waals surface area contributed by atoms with Crippen molar-refractivity contribution in [2.24, 2.45) is 0 Å². The molecular weight excluding hydrogens is 667 g/mol. The van der Waals surface area contributed by atoms with Crippen molar-refractivity contribution in [3.63, 3.8) is 0 Å². The maximum Gasteiger partial charge on any atom is 0.189 e. The Hall–Kier alpha value is -4.40. The highest BCUT2D eigenvalue weighted by molar-refractivity contribution is 5.88. The maximum absolute atomic E-state index is 5.50. The summed E-state index contributed by atoms with van der Waals surface area (Å²) in [6.07, 6.45) is 14.1. The van der Waals surface area contributed by atoms with E-state index in [1.54, 1.807) is 14.2 Å². The molecule has 6 rings (SSSR count). The zero-order valence-corrected chi connectivity index (χ0v) is 31.2. The number of halogens is 2. The van der Waals surface area contributed by atoms with Gasteiger partial charge in [0.2, 0.25) is 0 Å². The summed E-state index contributed by atoms with van der Waals surface area (Å²) < 4.78 is 11.0. The molecule has 0 amide bonds. The van der Waals surface area contributed by atoms with Crippen LogP contribution in [0.1, 0.15) is 76.6 Å². The quantitative estimate of drug-likeness (QED) is 0.0649. The second-order valence-electron chi connectivity index (χ2n) is 12.2. The van der Waals surface area contributed by atoms with Crippen LogP contribution in [0.5, 0.6) is 11.5 Å². The molecule has 0 aliphatic rings. The fourth-order valence-electron chi connectivity index (χ4n) is 5.84. The number of aromatic amines is 4. The number of benzene rings is 2. The molecule has 0 saturated carbocycles. The molecule has 4 heterocycles. The molecule has 0 saturated heterocycles. The van der Waals surface area contributed by atoms with Gasteiger partial charge in [-0.05, 0) is 37.1 Å². The van der Waals surface area contributed by atoms with E-state index in [1.807, 2.05) is 36.7 Å². The van der Waals surface area contributed by atoms with Crippen LogP contribution < -0.4 is 44.3 Å². The summed E-state index contributed by atoms with van der Waals surface area (Å²) in [6, 6.07) is 25.0. The van der Waals surface area contributed by atoms with Gasteiger partial charge in [-0.2, -0.15) is 0 Å². The van der Waals surface area contributed by atoms with E-state index in [4.69, 9.17) is 9.47 Å². The van der Waals surface area contributed by atoms with Crippen LogP contribution in [0, 0.1) is 0 Å². The zero-order valence-electron chi connectivity index (χ0n) is 29.7. The minimum absolute atomic E-state index is 0. The first-order chi connectivity index (χ1) is 23.6. The number of nitrogens with one attached hydrogen (secondary N) is 6. The Morgan fingerprint density at radius 2 is 0.920 bits per heavy atom. The van der Waals surface area contributed by atoms with Crippen LogP contribution >= 0.6 is 0 Å². The highest BCUT2D eigenvalue weighted by Crippen LogP contribution is 2.29. The van der Waals surface area contributed by atoms with E-state index in [9.17, 15) is 0 Å². The lowest BCUT2D eigenvalue weighted by Crippen LogP contribution is -3.00. The van der Waals surface area contributed by atoms with Gasteiger partial charge in [-0.15, -0.1) is 0 Å². The lowest BCUT2D eigenvalue weighted by molar-refractivity contribution is -0.452. The van der Waals surface area contributed by atoms with Gasteiger partial charge in [0.05, 0.1) is 37.0 Å². The number of H-pyrrole nitrogens is 4. The number of ether oxygens (including phenoxy) is 2. The Labute approximate surface area is 308 Å². The van der Waals surface area contributed by atoms with E-state index in [-0.39, 0.29) is 24.8 Å². The fraction of sp³-hybridized carbons (Fsp3) is 0.350. The van der Waals surface area contributed by atoms with Gasteiger partial charge in [-0.25, -0.2) is 9.98 Å². The Bertz CT molecular complexity index is 1710. The molecule has 268 valence electrons. The molecule has 2 aromatic carbocycles. The van der Waals surface area contributed by atoms with Crippen LogP contribution in [-0.2, 0) is 0 Å². The summed E-state index contributed by atoms with van der Waals surface area (Å²) >= 11 is 0. The van der Waals surface area contributed by atoms with Gasteiger partial charge >= 0.3 is 0 Å². The van der Waals surface area contributed by atoms with E-state index >= 15 is 0 Å². The second kappa shape index (κ2) is 21.0. The molecule has 0 radical (unpaired) electrons. The number of hydrogen-bond acceptors (Lipinski definition) is 2. The Kier molecular flexibility index (Phi) is 16.8. The zero-order chi connectivity index (χ0) is 33.6. The largest absolute Gasteiger partial charge is 1.00 e. The van der Waals surface area contributed by atoms with Crippen LogP contribution in [0.4, 0.5) is 0 Å². The van der Waals surface area contributed by atoms with E-state index in [1.165, 1.54) is 62.1 Å². The number of rotatable bonds is 16. The third-order valence-electron chi connectivity index (χ3n) is 8.54. The third-order valence-corrected chi connectivity index (χ3v) is 8.54.